The highest BCUT2D eigenvalue weighted by Gasteiger charge is 2.08. The molecule has 0 bridgehead atoms. The number of amides is 1. The van der Waals surface area contributed by atoms with E-state index in [1.165, 1.54) is 0 Å². The highest BCUT2D eigenvalue weighted by Crippen LogP contribution is 2.07. The van der Waals surface area contributed by atoms with Crippen molar-refractivity contribution in [1.29, 1.82) is 0 Å². The number of ether oxygens (including phenoxy) is 1. The normalized spacial score (nSPS) is 11.9. The number of nitrogens with one attached hydrogen (secondary N) is 1. The molecule has 1 atom stereocenters. The number of nitrogen functional groups attached to an aromatic ring is 1. The standard InChI is InChI=1S/C18H22N2O2/c1-14(12-22-13-15-6-3-2-4-7-15)11-20-18(21)16-8-5-9-17(19)10-16/h2-10,14H,11-13,19H2,1H3,(H,20,21). The van der Waals surface area contributed by atoms with Gasteiger partial charge in [-0.15, -0.1) is 0 Å². The van der Waals surface area contributed by atoms with Crippen LogP contribution in [0.25, 0.3) is 0 Å². The lowest BCUT2D eigenvalue weighted by molar-refractivity contribution is 0.0843. The summed E-state index contributed by atoms with van der Waals surface area (Å²) >= 11 is 0. The summed E-state index contributed by atoms with van der Waals surface area (Å²) in [5.41, 5.74) is 8.00. The van der Waals surface area contributed by atoms with Gasteiger partial charge in [0.25, 0.3) is 5.91 Å². The first kappa shape index (κ1) is 16.0. The Hall–Kier alpha value is -2.33. The van der Waals surface area contributed by atoms with Gasteiger partial charge in [0.05, 0.1) is 13.2 Å². The third-order valence-corrected chi connectivity index (χ3v) is 3.27. The number of anilines is 1. The zero-order valence-corrected chi connectivity index (χ0v) is 12.8. The molecule has 22 heavy (non-hydrogen) atoms. The van der Waals surface area contributed by atoms with Gasteiger partial charge in [-0.05, 0) is 29.7 Å². The molecule has 0 spiro atoms. The lowest BCUT2D eigenvalue weighted by Crippen LogP contribution is -2.30. The predicted octanol–water partition coefficient (Wildman–Crippen LogP) is 2.85. The van der Waals surface area contributed by atoms with Crippen LogP contribution in [0.15, 0.2) is 54.6 Å². The van der Waals surface area contributed by atoms with Crippen LogP contribution in [0.1, 0.15) is 22.8 Å². The average molecular weight is 298 g/mol. The number of carbonyl (C=O) groups excluding carboxylic acids is 1. The Morgan fingerprint density at radius 2 is 1.95 bits per heavy atom. The summed E-state index contributed by atoms with van der Waals surface area (Å²) in [7, 11) is 0. The Kier molecular flexibility index (Phi) is 5.98. The minimum atomic E-state index is -0.109. The van der Waals surface area contributed by atoms with Crippen LogP contribution in [0, 0.1) is 5.92 Å². The first-order valence-electron chi connectivity index (χ1n) is 7.40. The highest BCUT2D eigenvalue weighted by molar-refractivity contribution is 5.94. The third kappa shape index (κ3) is 5.22. The quantitative estimate of drug-likeness (QED) is 0.773. The van der Waals surface area contributed by atoms with E-state index in [0.29, 0.717) is 31.0 Å². The second-order valence-corrected chi connectivity index (χ2v) is 5.44. The number of hydrogen-bond donors (Lipinski definition) is 2. The van der Waals surface area contributed by atoms with Gasteiger partial charge in [0.1, 0.15) is 0 Å². The smallest absolute Gasteiger partial charge is 0.251 e. The van der Waals surface area contributed by atoms with Crippen LogP contribution in [-0.2, 0) is 11.3 Å². The molecule has 0 fully saturated rings. The summed E-state index contributed by atoms with van der Waals surface area (Å²) in [6, 6.07) is 17.0. The molecule has 0 aromatic heterocycles. The summed E-state index contributed by atoms with van der Waals surface area (Å²) in [5, 5.41) is 2.90. The summed E-state index contributed by atoms with van der Waals surface area (Å²) < 4.78 is 5.67. The maximum atomic E-state index is 12.0. The molecule has 0 saturated heterocycles. The fourth-order valence-electron chi connectivity index (χ4n) is 2.06. The summed E-state index contributed by atoms with van der Waals surface area (Å²) in [6.07, 6.45) is 0. The molecule has 1 unspecified atom stereocenters. The largest absolute Gasteiger partial charge is 0.399 e. The lowest BCUT2D eigenvalue weighted by atomic mass is 10.1. The maximum Gasteiger partial charge on any atom is 0.251 e. The van der Waals surface area contributed by atoms with Gasteiger partial charge >= 0.3 is 0 Å². The van der Waals surface area contributed by atoms with Crippen molar-refractivity contribution < 1.29 is 9.53 Å². The molecule has 0 radical (unpaired) electrons. The van der Waals surface area contributed by atoms with E-state index in [0.717, 1.165) is 5.56 Å². The van der Waals surface area contributed by atoms with E-state index in [1.807, 2.05) is 37.3 Å². The van der Waals surface area contributed by atoms with Gasteiger partial charge in [-0.2, -0.15) is 0 Å². The van der Waals surface area contributed by atoms with Crippen LogP contribution in [-0.4, -0.2) is 19.1 Å². The minimum Gasteiger partial charge on any atom is -0.399 e. The zero-order chi connectivity index (χ0) is 15.8. The van der Waals surface area contributed by atoms with E-state index in [2.05, 4.69) is 5.32 Å². The molecule has 3 N–H and O–H groups in total. The molecule has 4 heteroatoms. The van der Waals surface area contributed by atoms with Gasteiger partial charge < -0.3 is 15.8 Å². The number of hydrogen-bond acceptors (Lipinski definition) is 3. The molecule has 0 aliphatic carbocycles. The summed E-state index contributed by atoms with van der Waals surface area (Å²) in [5.74, 6) is 0.135. The monoisotopic (exact) mass is 298 g/mol. The molecule has 4 nitrogen and oxygen atoms in total. The lowest BCUT2D eigenvalue weighted by Gasteiger charge is -2.13. The molecule has 0 heterocycles. The molecule has 2 rings (SSSR count). The number of rotatable bonds is 7. The van der Waals surface area contributed by atoms with E-state index < -0.39 is 0 Å². The van der Waals surface area contributed by atoms with Crippen molar-refractivity contribution in [1.82, 2.24) is 5.32 Å². The molecule has 116 valence electrons. The van der Waals surface area contributed by atoms with E-state index in [-0.39, 0.29) is 11.8 Å². The Morgan fingerprint density at radius 1 is 1.18 bits per heavy atom. The molecule has 2 aromatic rings. The van der Waals surface area contributed by atoms with Crippen LogP contribution in [0.2, 0.25) is 0 Å². The van der Waals surface area contributed by atoms with Crippen LogP contribution in [0.3, 0.4) is 0 Å². The average Bonchev–Trinajstić information content (AvgIpc) is 2.53. The van der Waals surface area contributed by atoms with Crippen molar-refractivity contribution >= 4 is 11.6 Å². The predicted molar refractivity (Wildman–Crippen MR) is 88.4 cm³/mol. The van der Waals surface area contributed by atoms with Gasteiger partial charge in [0, 0.05) is 17.8 Å². The molecule has 0 aliphatic heterocycles. The van der Waals surface area contributed by atoms with Crippen LogP contribution in [0.5, 0.6) is 0 Å². The molecule has 1 amide bonds. The second kappa shape index (κ2) is 8.20. The Balaban J connectivity index is 1.69. The topological polar surface area (TPSA) is 64.4 Å². The van der Waals surface area contributed by atoms with Crippen molar-refractivity contribution in [2.75, 3.05) is 18.9 Å². The second-order valence-electron chi connectivity index (χ2n) is 5.44. The van der Waals surface area contributed by atoms with Crippen LogP contribution >= 0.6 is 0 Å². The summed E-state index contributed by atoms with van der Waals surface area (Å²) in [4.78, 5) is 12.0. The van der Waals surface area contributed by atoms with Gasteiger partial charge in [-0.25, -0.2) is 0 Å². The van der Waals surface area contributed by atoms with Crippen LogP contribution in [0.4, 0.5) is 5.69 Å². The Morgan fingerprint density at radius 3 is 2.68 bits per heavy atom. The Bertz CT molecular complexity index is 599. The van der Waals surface area contributed by atoms with Crippen molar-refractivity contribution in [3.05, 3.63) is 65.7 Å². The minimum absolute atomic E-state index is 0.109. The fraction of sp³-hybridized carbons (Fsp3) is 0.278. The van der Waals surface area contributed by atoms with Crippen molar-refractivity contribution in [2.45, 2.75) is 13.5 Å². The molecule has 0 saturated carbocycles. The van der Waals surface area contributed by atoms with E-state index in [1.54, 1.807) is 24.3 Å². The maximum absolute atomic E-state index is 12.0. The molecular weight excluding hydrogens is 276 g/mol. The number of nitrogens with two attached hydrogens (primary N) is 1. The highest BCUT2D eigenvalue weighted by atomic mass is 16.5. The van der Waals surface area contributed by atoms with Crippen molar-refractivity contribution in [3.63, 3.8) is 0 Å². The first-order valence-corrected chi connectivity index (χ1v) is 7.40. The van der Waals surface area contributed by atoms with Crippen LogP contribution < -0.4 is 11.1 Å². The van der Waals surface area contributed by atoms with Gasteiger partial charge in [-0.3, -0.25) is 4.79 Å². The van der Waals surface area contributed by atoms with E-state index >= 15 is 0 Å². The first-order chi connectivity index (χ1) is 10.6. The zero-order valence-electron chi connectivity index (χ0n) is 12.8. The number of benzene rings is 2. The third-order valence-electron chi connectivity index (χ3n) is 3.27. The van der Waals surface area contributed by atoms with Gasteiger partial charge in [0.15, 0.2) is 0 Å². The molecular formula is C18H22N2O2. The molecule has 2 aromatic carbocycles. The van der Waals surface area contributed by atoms with Crippen molar-refractivity contribution in [2.24, 2.45) is 5.92 Å². The summed E-state index contributed by atoms with van der Waals surface area (Å²) in [6.45, 7) is 3.81. The fourth-order valence-corrected chi connectivity index (χ4v) is 2.06. The van der Waals surface area contributed by atoms with E-state index in [9.17, 15) is 4.79 Å². The Labute approximate surface area is 131 Å². The van der Waals surface area contributed by atoms with Gasteiger partial charge in [0.2, 0.25) is 0 Å². The van der Waals surface area contributed by atoms with Gasteiger partial charge in [-0.1, -0.05) is 43.3 Å². The van der Waals surface area contributed by atoms with E-state index in [4.69, 9.17) is 10.5 Å². The molecule has 0 aliphatic rings. The van der Waals surface area contributed by atoms with Crippen molar-refractivity contribution in [3.8, 4) is 0 Å². The SMILES string of the molecule is CC(CNC(=O)c1cccc(N)c1)COCc1ccccc1. The number of carbonyl (C=O) groups is 1.